The van der Waals surface area contributed by atoms with Crippen molar-refractivity contribution in [2.45, 2.75) is 5.37 Å². The van der Waals surface area contributed by atoms with Crippen molar-refractivity contribution in [3.63, 3.8) is 0 Å². The number of amides is 2. The Hall–Kier alpha value is -3.73. The lowest BCUT2D eigenvalue weighted by Crippen LogP contribution is -2.44. The topological polar surface area (TPSA) is 84.3 Å². The SMILES string of the molecule is O=C(NN1C(=O)CSC1c1ccccc1)c1ccc(-n2c(-c3ccccc3)nc3c(Br)cc(Br)cc3c2=O)cc1. The number of nitrogens with one attached hydrogen (secondary N) is 1. The molecule has 0 bridgehead atoms. The van der Waals surface area contributed by atoms with Gasteiger partial charge in [-0.05, 0) is 57.9 Å². The van der Waals surface area contributed by atoms with Crippen molar-refractivity contribution in [1.29, 1.82) is 0 Å². The van der Waals surface area contributed by atoms with Gasteiger partial charge in [0.1, 0.15) is 11.2 Å². The Morgan fingerprint density at radius 2 is 1.57 bits per heavy atom. The van der Waals surface area contributed by atoms with Crippen LogP contribution >= 0.6 is 43.6 Å². The predicted octanol–water partition coefficient (Wildman–Crippen LogP) is 6.50. The summed E-state index contributed by atoms with van der Waals surface area (Å²) in [7, 11) is 0. The van der Waals surface area contributed by atoms with Crippen molar-refractivity contribution >= 4 is 66.3 Å². The molecule has 10 heteroatoms. The zero-order chi connectivity index (χ0) is 27.8. The Balaban J connectivity index is 1.36. The van der Waals surface area contributed by atoms with Gasteiger partial charge in [-0.15, -0.1) is 11.8 Å². The van der Waals surface area contributed by atoms with Gasteiger partial charge in [0.2, 0.25) is 0 Å². The van der Waals surface area contributed by atoms with Gasteiger partial charge in [0.15, 0.2) is 0 Å². The van der Waals surface area contributed by atoms with Gasteiger partial charge in [0.05, 0.1) is 22.3 Å². The summed E-state index contributed by atoms with van der Waals surface area (Å²) in [5.41, 5.74) is 5.70. The van der Waals surface area contributed by atoms with E-state index in [0.29, 0.717) is 32.5 Å². The summed E-state index contributed by atoms with van der Waals surface area (Å²) in [6.07, 6.45) is 0. The first-order valence-electron chi connectivity index (χ1n) is 12.3. The number of benzene rings is 4. The standard InChI is InChI=1S/C30H20Br2N4O3S/c31-21-15-23-26(24(32)16-21)33-27(18-7-3-1-4-8-18)35(29(23)39)22-13-11-19(12-14-22)28(38)34-36-25(37)17-40-30(36)20-9-5-2-6-10-20/h1-16,30H,17H2,(H,34,38). The number of halogens is 2. The molecule has 40 heavy (non-hydrogen) atoms. The number of rotatable bonds is 5. The van der Waals surface area contributed by atoms with Crippen LogP contribution in [0.3, 0.4) is 0 Å². The highest BCUT2D eigenvalue weighted by atomic mass is 79.9. The lowest BCUT2D eigenvalue weighted by molar-refractivity contribution is -0.130. The fraction of sp³-hybridized carbons (Fsp3) is 0.0667. The van der Waals surface area contributed by atoms with E-state index in [-0.39, 0.29) is 22.6 Å². The zero-order valence-corrected chi connectivity index (χ0v) is 24.7. The molecule has 1 unspecified atom stereocenters. The molecule has 1 N–H and O–H groups in total. The van der Waals surface area contributed by atoms with Gasteiger partial charge in [-0.25, -0.2) is 9.99 Å². The average molecular weight is 676 g/mol. The van der Waals surface area contributed by atoms with E-state index in [1.165, 1.54) is 16.8 Å². The third-order valence-electron chi connectivity index (χ3n) is 6.49. The molecule has 0 radical (unpaired) electrons. The molecule has 0 aliphatic carbocycles. The molecule has 1 aliphatic heterocycles. The van der Waals surface area contributed by atoms with Crippen LogP contribution in [0.4, 0.5) is 0 Å². The van der Waals surface area contributed by atoms with Crippen LogP contribution in [0.5, 0.6) is 0 Å². The molecule has 4 aromatic carbocycles. The summed E-state index contributed by atoms with van der Waals surface area (Å²) in [5.74, 6) is 0.181. The number of thioether (sulfide) groups is 1. The van der Waals surface area contributed by atoms with Crippen LogP contribution < -0.4 is 11.0 Å². The van der Waals surface area contributed by atoms with E-state index >= 15 is 0 Å². The minimum absolute atomic E-state index is 0.164. The third kappa shape index (κ3) is 4.98. The van der Waals surface area contributed by atoms with Crippen molar-refractivity contribution in [3.05, 3.63) is 127 Å². The Morgan fingerprint density at radius 1 is 0.900 bits per heavy atom. The second-order valence-electron chi connectivity index (χ2n) is 9.05. The van der Waals surface area contributed by atoms with Crippen LogP contribution in [0, 0.1) is 0 Å². The molecule has 2 amide bonds. The second kappa shape index (κ2) is 11.0. The van der Waals surface area contributed by atoms with Crippen LogP contribution in [0.15, 0.2) is 111 Å². The number of hydrogen-bond acceptors (Lipinski definition) is 5. The number of hydrazine groups is 1. The first kappa shape index (κ1) is 26.5. The van der Waals surface area contributed by atoms with Crippen LogP contribution in [-0.4, -0.2) is 32.1 Å². The number of carbonyl (C=O) groups is 2. The van der Waals surface area contributed by atoms with E-state index in [1.807, 2.05) is 66.7 Å². The average Bonchev–Trinajstić information content (AvgIpc) is 3.34. The van der Waals surface area contributed by atoms with E-state index in [4.69, 9.17) is 4.98 Å². The molecule has 1 fully saturated rings. The molecular formula is C30H20Br2N4O3S. The van der Waals surface area contributed by atoms with Crippen molar-refractivity contribution in [2.75, 3.05) is 5.75 Å². The molecule has 1 atom stereocenters. The van der Waals surface area contributed by atoms with Gasteiger partial charge in [0, 0.05) is 20.1 Å². The van der Waals surface area contributed by atoms with Gasteiger partial charge in [-0.3, -0.25) is 24.4 Å². The van der Waals surface area contributed by atoms with Crippen LogP contribution in [-0.2, 0) is 4.79 Å². The molecule has 198 valence electrons. The maximum absolute atomic E-state index is 13.8. The van der Waals surface area contributed by atoms with Crippen LogP contribution in [0.1, 0.15) is 21.3 Å². The minimum Gasteiger partial charge on any atom is -0.272 e. The smallest absolute Gasteiger partial charge is 0.269 e. The zero-order valence-electron chi connectivity index (χ0n) is 20.8. The second-order valence-corrected chi connectivity index (χ2v) is 11.9. The van der Waals surface area contributed by atoms with E-state index in [2.05, 4.69) is 37.3 Å². The van der Waals surface area contributed by atoms with Crippen molar-refractivity contribution in [2.24, 2.45) is 0 Å². The number of fused-ring (bicyclic) bond motifs is 1. The Labute approximate surface area is 250 Å². The summed E-state index contributed by atoms with van der Waals surface area (Å²) in [5, 5.41) is 1.53. The molecule has 1 saturated heterocycles. The molecule has 1 aliphatic rings. The first-order chi connectivity index (χ1) is 19.4. The largest absolute Gasteiger partial charge is 0.272 e. The lowest BCUT2D eigenvalue weighted by Gasteiger charge is -2.24. The molecule has 2 heterocycles. The maximum Gasteiger partial charge on any atom is 0.269 e. The maximum atomic E-state index is 13.8. The van der Waals surface area contributed by atoms with Crippen molar-refractivity contribution in [1.82, 2.24) is 20.0 Å². The highest BCUT2D eigenvalue weighted by Crippen LogP contribution is 2.37. The molecule has 6 rings (SSSR count). The summed E-state index contributed by atoms with van der Waals surface area (Å²) >= 11 is 8.47. The monoisotopic (exact) mass is 674 g/mol. The van der Waals surface area contributed by atoms with Crippen LogP contribution in [0.25, 0.3) is 28.0 Å². The number of nitrogens with zero attached hydrogens (tertiary/aromatic N) is 3. The molecule has 0 spiro atoms. The van der Waals surface area contributed by atoms with Gasteiger partial charge in [-0.1, -0.05) is 76.6 Å². The summed E-state index contributed by atoms with van der Waals surface area (Å²) in [6.45, 7) is 0. The van der Waals surface area contributed by atoms with E-state index in [1.54, 1.807) is 34.9 Å². The van der Waals surface area contributed by atoms with Gasteiger partial charge in [-0.2, -0.15) is 0 Å². The normalized spacial score (nSPS) is 15.0. The lowest BCUT2D eigenvalue weighted by atomic mass is 10.1. The Bertz CT molecular complexity index is 1810. The van der Waals surface area contributed by atoms with Crippen molar-refractivity contribution in [3.8, 4) is 17.1 Å². The van der Waals surface area contributed by atoms with Crippen LogP contribution in [0.2, 0.25) is 0 Å². The van der Waals surface area contributed by atoms with Gasteiger partial charge >= 0.3 is 0 Å². The number of carbonyl (C=O) groups excluding carboxylic acids is 2. The van der Waals surface area contributed by atoms with E-state index in [0.717, 1.165) is 15.6 Å². The summed E-state index contributed by atoms with van der Waals surface area (Å²) in [6, 6.07) is 29.3. The minimum atomic E-state index is -0.413. The number of aromatic nitrogens is 2. The summed E-state index contributed by atoms with van der Waals surface area (Å²) < 4.78 is 3.00. The highest BCUT2D eigenvalue weighted by Gasteiger charge is 2.34. The molecule has 7 nitrogen and oxygen atoms in total. The molecule has 0 saturated carbocycles. The van der Waals surface area contributed by atoms with Gasteiger partial charge in [0.25, 0.3) is 17.4 Å². The van der Waals surface area contributed by atoms with Gasteiger partial charge < -0.3 is 0 Å². The molecular weight excluding hydrogens is 656 g/mol. The summed E-state index contributed by atoms with van der Waals surface area (Å²) in [4.78, 5) is 44.4. The van der Waals surface area contributed by atoms with Crippen molar-refractivity contribution < 1.29 is 9.59 Å². The van der Waals surface area contributed by atoms with E-state index < -0.39 is 5.91 Å². The first-order valence-corrected chi connectivity index (χ1v) is 14.9. The third-order valence-corrected chi connectivity index (χ3v) is 8.76. The predicted molar refractivity (Wildman–Crippen MR) is 164 cm³/mol. The number of hydrogen-bond donors (Lipinski definition) is 1. The Morgan fingerprint density at radius 3 is 2.27 bits per heavy atom. The Kier molecular flexibility index (Phi) is 7.31. The fourth-order valence-corrected chi connectivity index (χ4v) is 7.00. The quantitative estimate of drug-likeness (QED) is 0.230. The van der Waals surface area contributed by atoms with E-state index in [9.17, 15) is 14.4 Å². The fourth-order valence-electron chi connectivity index (χ4n) is 4.58. The molecule has 5 aromatic rings. The molecule has 1 aromatic heterocycles. The highest BCUT2D eigenvalue weighted by molar-refractivity contribution is 9.11.